The van der Waals surface area contributed by atoms with Crippen LogP contribution in [0.2, 0.25) is 0 Å². The van der Waals surface area contributed by atoms with Gasteiger partial charge in [0.05, 0.1) is 18.7 Å². The van der Waals surface area contributed by atoms with Gasteiger partial charge in [0, 0.05) is 56.8 Å². The molecule has 1 aromatic carbocycles. The van der Waals surface area contributed by atoms with Crippen molar-refractivity contribution in [3.8, 4) is 5.75 Å². The first kappa shape index (κ1) is 20.7. The zero-order chi connectivity index (χ0) is 21.5. The quantitative estimate of drug-likeness (QED) is 0.809. The molecule has 2 saturated heterocycles. The minimum atomic E-state index is -0.307. The maximum atomic E-state index is 13.3. The fraction of sp³-hybridized carbons (Fsp3) is 0.583. The number of carbonyl (C=O) groups is 1. The highest BCUT2D eigenvalue weighted by molar-refractivity contribution is 5.97. The van der Waals surface area contributed by atoms with E-state index in [2.05, 4.69) is 21.8 Å². The number of likely N-dealkylation sites (N-methyl/N-ethyl adjacent to an activating group) is 1. The van der Waals surface area contributed by atoms with Gasteiger partial charge in [-0.15, -0.1) is 0 Å². The number of piperazine rings is 1. The van der Waals surface area contributed by atoms with Crippen LogP contribution in [0.1, 0.15) is 23.3 Å². The van der Waals surface area contributed by atoms with Gasteiger partial charge in [-0.3, -0.25) is 9.69 Å². The Morgan fingerprint density at radius 1 is 1.10 bits per heavy atom. The van der Waals surface area contributed by atoms with Gasteiger partial charge in [0.25, 0.3) is 5.91 Å². The molecule has 4 atom stereocenters. The Kier molecular flexibility index (Phi) is 5.58. The van der Waals surface area contributed by atoms with E-state index in [4.69, 9.17) is 4.74 Å². The van der Waals surface area contributed by atoms with E-state index in [1.54, 1.807) is 13.2 Å². The summed E-state index contributed by atoms with van der Waals surface area (Å²) < 4.78 is 5.53. The molecule has 3 aliphatic rings. The number of amides is 1. The Balaban J connectivity index is 1.31. The Morgan fingerprint density at radius 3 is 2.55 bits per heavy atom. The van der Waals surface area contributed by atoms with Crippen LogP contribution < -0.4 is 4.74 Å². The highest BCUT2D eigenvalue weighted by atomic mass is 16.5. The summed E-state index contributed by atoms with van der Waals surface area (Å²) in [6.07, 6.45) is 1.44. The zero-order valence-corrected chi connectivity index (χ0v) is 18.4. The number of likely N-dealkylation sites (tertiary alicyclic amines) is 1. The zero-order valence-electron chi connectivity index (χ0n) is 18.4. The Morgan fingerprint density at radius 2 is 1.81 bits per heavy atom. The highest BCUT2D eigenvalue weighted by Gasteiger charge is 2.45. The molecule has 166 valence electrons. The second kappa shape index (κ2) is 8.37. The van der Waals surface area contributed by atoms with Crippen LogP contribution in [0.5, 0.6) is 5.75 Å². The monoisotopic (exact) mass is 424 g/mol. The lowest BCUT2D eigenvalue weighted by Crippen LogP contribution is -2.55. The maximum Gasteiger partial charge on any atom is 0.272 e. The first-order valence-electron chi connectivity index (χ1n) is 11.4. The van der Waals surface area contributed by atoms with Crippen LogP contribution in [-0.4, -0.2) is 96.3 Å². The van der Waals surface area contributed by atoms with Crippen molar-refractivity contribution < 1.29 is 14.6 Å². The summed E-state index contributed by atoms with van der Waals surface area (Å²) in [5, 5.41) is 11.8. The third-order valence-electron chi connectivity index (χ3n) is 7.52. The predicted molar refractivity (Wildman–Crippen MR) is 119 cm³/mol. The second-order valence-electron chi connectivity index (χ2n) is 9.40. The molecule has 0 radical (unpaired) electrons. The normalized spacial score (nSPS) is 29.8. The number of aromatic nitrogens is 1. The Bertz CT molecular complexity index is 959. The summed E-state index contributed by atoms with van der Waals surface area (Å²) in [5.41, 5.74) is 1.21. The summed E-state index contributed by atoms with van der Waals surface area (Å²) in [6.45, 7) is 5.58. The van der Waals surface area contributed by atoms with Crippen LogP contribution in [0.3, 0.4) is 0 Å². The standard InChI is InChI=1S/C24H32N4O3/c1-26-7-9-27(10-8-26)21-11-16-14-28(15-17(16)12-22(21)29)24(30)20-13-23(31-2)18-5-3-4-6-19(18)25-20/h3-6,13,16-17,21-22,29H,7-12,14-15H2,1-2H3/t16-,17+,21-,22-/m1/s1. The van der Waals surface area contributed by atoms with Gasteiger partial charge in [0.1, 0.15) is 11.4 Å². The van der Waals surface area contributed by atoms with E-state index in [0.717, 1.165) is 56.5 Å². The number of aliphatic hydroxyl groups excluding tert-OH is 1. The lowest BCUT2D eigenvalue weighted by atomic mass is 9.77. The summed E-state index contributed by atoms with van der Waals surface area (Å²) >= 11 is 0. The van der Waals surface area contributed by atoms with E-state index in [-0.39, 0.29) is 18.1 Å². The van der Waals surface area contributed by atoms with E-state index in [0.29, 0.717) is 29.8 Å². The first-order chi connectivity index (χ1) is 15.0. The molecule has 7 nitrogen and oxygen atoms in total. The molecule has 1 N–H and O–H groups in total. The van der Waals surface area contributed by atoms with E-state index >= 15 is 0 Å². The van der Waals surface area contributed by atoms with Crippen LogP contribution in [0.4, 0.5) is 0 Å². The SMILES string of the molecule is COc1cc(C(=O)N2C[C@H]3C[C@@H](N4CCN(C)CC4)[C@H](O)C[C@H]3C2)nc2ccccc12. The molecule has 0 spiro atoms. The maximum absolute atomic E-state index is 13.3. The van der Waals surface area contributed by atoms with Crippen LogP contribution in [0, 0.1) is 11.8 Å². The smallest absolute Gasteiger partial charge is 0.272 e. The predicted octanol–water partition coefficient (Wildman–Crippen LogP) is 1.70. The largest absolute Gasteiger partial charge is 0.496 e. The molecule has 7 heteroatoms. The molecular weight excluding hydrogens is 392 g/mol. The number of nitrogens with zero attached hydrogens (tertiary/aromatic N) is 4. The van der Waals surface area contributed by atoms with Crippen molar-refractivity contribution >= 4 is 16.8 Å². The number of para-hydroxylation sites is 1. The number of hydrogen-bond acceptors (Lipinski definition) is 6. The third kappa shape index (κ3) is 3.90. The molecule has 1 amide bonds. The summed E-state index contributed by atoms with van der Waals surface area (Å²) in [4.78, 5) is 24.7. The topological polar surface area (TPSA) is 69.1 Å². The van der Waals surface area contributed by atoms with Crippen molar-refractivity contribution in [1.82, 2.24) is 19.7 Å². The fourth-order valence-corrected chi connectivity index (χ4v) is 5.70. The van der Waals surface area contributed by atoms with Gasteiger partial charge in [0.15, 0.2) is 0 Å². The lowest BCUT2D eigenvalue weighted by molar-refractivity contribution is -0.0249. The van der Waals surface area contributed by atoms with Crippen LogP contribution in [-0.2, 0) is 0 Å². The highest BCUT2D eigenvalue weighted by Crippen LogP contribution is 2.39. The number of carbonyl (C=O) groups excluding carboxylic acids is 1. The van der Waals surface area contributed by atoms with Crippen molar-refractivity contribution in [3.63, 3.8) is 0 Å². The molecule has 31 heavy (non-hydrogen) atoms. The summed E-state index contributed by atoms with van der Waals surface area (Å²) in [5.74, 6) is 1.45. The first-order valence-corrected chi connectivity index (χ1v) is 11.4. The van der Waals surface area contributed by atoms with Crippen molar-refractivity contribution in [3.05, 3.63) is 36.0 Å². The van der Waals surface area contributed by atoms with Gasteiger partial charge < -0.3 is 19.6 Å². The molecule has 2 aliphatic heterocycles. The molecule has 2 aromatic rings. The minimum absolute atomic E-state index is 0.0379. The number of hydrogen-bond donors (Lipinski definition) is 1. The summed E-state index contributed by atoms with van der Waals surface area (Å²) in [6, 6.07) is 9.71. The van der Waals surface area contributed by atoms with Crippen molar-refractivity contribution in [2.45, 2.75) is 25.0 Å². The van der Waals surface area contributed by atoms with E-state index < -0.39 is 0 Å². The number of fused-ring (bicyclic) bond motifs is 2. The summed E-state index contributed by atoms with van der Waals surface area (Å²) in [7, 11) is 3.78. The average molecular weight is 425 g/mol. The van der Waals surface area contributed by atoms with Gasteiger partial charge in [-0.1, -0.05) is 12.1 Å². The van der Waals surface area contributed by atoms with Crippen molar-refractivity contribution in [2.24, 2.45) is 11.8 Å². The van der Waals surface area contributed by atoms with Crippen LogP contribution >= 0.6 is 0 Å². The number of rotatable bonds is 3. The number of methoxy groups -OCH3 is 1. The van der Waals surface area contributed by atoms with Gasteiger partial charge in [-0.05, 0) is 43.9 Å². The number of benzene rings is 1. The molecule has 5 rings (SSSR count). The fourth-order valence-electron chi connectivity index (χ4n) is 5.70. The van der Waals surface area contributed by atoms with Crippen molar-refractivity contribution in [2.75, 3.05) is 53.4 Å². The molecule has 1 saturated carbocycles. The molecule has 3 heterocycles. The number of pyridine rings is 1. The Hall–Kier alpha value is -2.22. The molecule has 1 aliphatic carbocycles. The van der Waals surface area contributed by atoms with Crippen LogP contribution in [0.25, 0.3) is 10.9 Å². The van der Waals surface area contributed by atoms with E-state index in [9.17, 15) is 9.90 Å². The second-order valence-corrected chi connectivity index (χ2v) is 9.40. The minimum Gasteiger partial charge on any atom is -0.496 e. The third-order valence-corrected chi connectivity index (χ3v) is 7.52. The number of ether oxygens (including phenoxy) is 1. The molecule has 1 aromatic heterocycles. The number of aliphatic hydroxyl groups is 1. The molecule has 0 bridgehead atoms. The van der Waals surface area contributed by atoms with E-state index in [1.807, 2.05) is 29.2 Å². The van der Waals surface area contributed by atoms with Crippen molar-refractivity contribution in [1.29, 1.82) is 0 Å². The molecular formula is C24H32N4O3. The molecule has 3 fully saturated rings. The average Bonchev–Trinajstić information content (AvgIpc) is 3.20. The van der Waals surface area contributed by atoms with Crippen LogP contribution in [0.15, 0.2) is 30.3 Å². The molecule has 0 unspecified atom stereocenters. The van der Waals surface area contributed by atoms with E-state index in [1.165, 1.54) is 0 Å². The van der Waals surface area contributed by atoms with Gasteiger partial charge in [0.2, 0.25) is 0 Å². The Labute approximate surface area is 183 Å². The van der Waals surface area contributed by atoms with Gasteiger partial charge in [-0.25, -0.2) is 4.98 Å². The lowest BCUT2D eigenvalue weighted by Gasteiger charge is -2.44. The van der Waals surface area contributed by atoms with Gasteiger partial charge >= 0.3 is 0 Å². The van der Waals surface area contributed by atoms with Gasteiger partial charge in [-0.2, -0.15) is 0 Å².